The molecule has 2 aromatic rings. The molecule has 23 heavy (non-hydrogen) atoms. The van der Waals surface area contributed by atoms with Crippen LogP contribution in [0.3, 0.4) is 0 Å². The minimum atomic E-state index is -2.89. The number of carbonyl (C=O) groups excluding carboxylic acids is 1. The van der Waals surface area contributed by atoms with Crippen molar-refractivity contribution >= 4 is 40.5 Å². The van der Waals surface area contributed by atoms with Gasteiger partial charge in [0.25, 0.3) is 0 Å². The highest BCUT2D eigenvalue weighted by atomic mass is 35.5. The fourth-order valence-electron chi connectivity index (χ4n) is 1.74. The zero-order valence-corrected chi connectivity index (χ0v) is 13.2. The number of nitrogens with one attached hydrogen (secondary N) is 2. The SMILES string of the molecule is O=C(CNc1cccc(Cl)c1Cl)Nc1ccc(OC(F)F)cc1. The molecule has 0 aromatic heterocycles. The highest BCUT2D eigenvalue weighted by Crippen LogP contribution is 2.29. The molecule has 4 nitrogen and oxygen atoms in total. The van der Waals surface area contributed by atoms with E-state index < -0.39 is 6.61 Å². The van der Waals surface area contributed by atoms with Crippen molar-refractivity contribution in [1.29, 1.82) is 0 Å². The Balaban J connectivity index is 1.88. The first kappa shape index (κ1) is 17.3. The Morgan fingerprint density at radius 3 is 2.48 bits per heavy atom. The molecule has 1 amide bonds. The van der Waals surface area contributed by atoms with Crippen molar-refractivity contribution in [3.63, 3.8) is 0 Å². The lowest BCUT2D eigenvalue weighted by Gasteiger charge is -2.10. The molecule has 0 unspecified atom stereocenters. The van der Waals surface area contributed by atoms with Gasteiger partial charge in [-0.1, -0.05) is 29.3 Å². The van der Waals surface area contributed by atoms with Crippen LogP contribution in [0.5, 0.6) is 5.75 Å². The first-order valence-electron chi connectivity index (χ1n) is 6.48. The monoisotopic (exact) mass is 360 g/mol. The second-order valence-corrected chi connectivity index (χ2v) is 5.19. The molecular formula is C15H12Cl2F2N2O2. The van der Waals surface area contributed by atoms with Crippen molar-refractivity contribution in [3.05, 3.63) is 52.5 Å². The van der Waals surface area contributed by atoms with Crippen LogP contribution in [0.25, 0.3) is 0 Å². The van der Waals surface area contributed by atoms with E-state index in [1.165, 1.54) is 24.3 Å². The van der Waals surface area contributed by atoms with Crippen LogP contribution in [0.15, 0.2) is 42.5 Å². The molecule has 2 rings (SSSR count). The van der Waals surface area contributed by atoms with Crippen molar-refractivity contribution in [1.82, 2.24) is 0 Å². The van der Waals surface area contributed by atoms with Gasteiger partial charge in [0.15, 0.2) is 0 Å². The lowest BCUT2D eigenvalue weighted by Crippen LogP contribution is -2.21. The van der Waals surface area contributed by atoms with Crippen molar-refractivity contribution in [2.45, 2.75) is 6.61 Å². The summed E-state index contributed by atoms with van der Waals surface area (Å²) in [6.45, 7) is -2.92. The molecule has 0 atom stereocenters. The molecule has 0 aliphatic carbocycles. The van der Waals surface area contributed by atoms with E-state index in [0.29, 0.717) is 21.4 Å². The molecule has 0 saturated heterocycles. The fraction of sp³-hybridized carbons (Fsp3) is 0.133. The first-order chi connectivity index (χ1) is 11.0. The standard InChI is InChI=1S/C15H12Cl2F2N2O2/c16-11-2-1-3-12(14(11)17)20-8-13(22)21-9-4-6-10(7-5-9)23-15(18)19/h1-7,15,20H,8H2,(H,21,22). The molecule has 0 fully saturated rings. The van der Waals surface area contributed by atoms with E-state index in [2.05, 4.69) is 15.4 Å². The molecule has 2 aromatic carbocycles. The normalized spacial score (nSPS) is 10.5. The molecule has 8 heteroatoms. The summed E-state index contributed by atoms with van der Waals surface area (Å²) in [6, 6.07) is 10.6. The van der Waals surface area contributed by atoms with Gasteiger partial charge in [-0.15, -0.1) is 0 Å². The van der Waals surface area contributed by atoms with Gasteiger partial charge in [-0.05, 0) is 36.4 Å². The third kappa shape index (κ3) is 5.26. The molecule has 0 spiro atoms. The van der Waals surface area contributed by atoms with E-state index in [1.54, 1.807) is 18.2 Å². The average molecular weight is 361 g/mol. The van der Waals surface area contributed by atoms with E-state index in [0.717, 1.165) is 0 Å². The van der Waals surface area contributed by atoms with Crippen LogP contribution >= 0.6 is 23.2 Å². The van der Waals surface area contributed by atoms with Crippen LogP contribution in [0, 0.1) is 0 Å². The highest BCUT2D eigenvalue weighted by Gasteiger charge is 2.08. The fourth-order valence-corrected chi connectivity index (χ4v) is 2.11. The highest BCUT2D eigenvalue weighted by molar-refractivity contribution is 6.43. The van der Waals surface area contributed by atoms with Gasteiger partial charge < -0.3 is 15.4 Å². The minimum absolute atomic E-state index is 0.0156. The number of benzene rings is 2. The van der Waals surface area contributed by atoms with E-state index in [4.69, 9.17) is 23.2 Å². The van der Waals surface area contributed by atoms with Crippen LogP contribution in [0.2, 0.25) is 10.0 Å². The number of halogens is 4. The second kappa shape index (κ2) is 7.99. The van der Waals surface area contributed by atoms with Gasteiger partial charge in [-0.3, -0.25) is 4.79 Å². The van der Waals surface area contributed by atoms with Gasteiger partial charge in [-0.25, -0.2) is 0 Å². The van der Waals surface area contributed by atoms with Gasteiger partial charge in [0.1, 0.15) is 5.75 Å². The van der Waals surface area contributed by atoms with Crippen molar-refractivity contribution in [2.75, 3.05) is 17.2 Å². The molecule has 0 bridgehead atoms. The number of rotatable bonds is 6. The Hall–Kier alpha value is -2.05. The summed E-state index contributed by atoms with van der Waals surface area (Å²) in [4.78, 5) is 11.8. The van der Waals surface area contributed by atoms with Crippen LogP contribution in [-0.2, 0) is 4.79 Å². The summed E-state index contributed by atoms with van der Waals surface area (Å²) in [5, 5.41) is 6.18. The maximum Gasteiger partial charge on any atom is 0.387 e. The summed E-state index contributed by atoms with van der Waals surface area (Å²) < 4.78 is 28.3. The van der Waals surface area contributed by atoms with Crippen molar-refractivity contribution in [3.8, 4) is 5.75 Å². The maximum absolute atomic E-state index is 12.0. The zero-order valence-electron chi connectivity index (χ0n) is 11.7. The Morgan fingerprint density at radius 1 is 1.13 bits per heavy atom. The average Bonchev–Trinajstić information content (AvgIpc) is 2.50. The van der Waals surface area contributed by atoms with Crippen molar-refractivity contribution in [2.24, 2.45) is 0 Å². The summed E-state index contributed by atoms with van der Waals surface area (Å²) >= 11 is 11.9. The molecule has 0 aliphatic heterocycles. The molecular weight excluding hydrogens is 349 g/mol. The van der Waals surface area contributed by atoms with Crippen LogP contribution in [-0.4, -0.2) is 19.1 Å². The van der Waals surface area contributed by atoms with E-state index >= 15 is 0 Å². The van der Waals surface area contributed by atoms with E-state index in [9.17, 15) is 13.6 Å². The molecule has 2 N–H and O–H groups in total. The number of hydrogen-bond acceptors (Lipinski definition) is 3. The molecule has 0 heterocycles. The lowest BCUT2D eigenvalue weighted by molar-refractivity contribution is -0.114. The summed E-state index contributed by atoms with van der Waals surface area (Å²) in [5.41, 5.74) is 0.991. The third-order valence-corrected chi connectivity index (χ3v) is 3.57. The number of carbonyl (C=O) groups is 1. The zero-order chi connectivity index (χ0) is 16.8. The molecule has 0 saturated carbocycles. The van der Waals surface area contributed by atoms with Gasteiger partial charge in [0, 0.05) is 5.69 Å². The number of hydrogen-bond donors (Lipinski definition) is 2. The Morgan fingerprint density at radius 2 is 1.83 bits per heavy atom. The van der Waals surface area contributed by atoms with Crippen LogP contribution in [0.4, 0.5) is 20.2 Å². The summed E-state index contributed by atoms with van der Waals surface area (Å²) in [5.74, 6) is -0.314. The van der Waals surface area contributed by atoms with Crippen LogP contribution in [0.1, 0.15) is 0 Å². The van der Waals surface area contributed by atoms with Gasteiger partial charge in [-0.2, -0.15) is 8.78 Å². The number of alkyl halides is 2. The second-order valence-electron chi connectivity index (χ2n) is 4.41. The predicted molar refractivity (Wildman–Crippen MR) is 86.7 cm³/mol. The predicted octanol–water partition coefficient (Wildman–Crippen LogP) is 4.65. The Kier molecular flexibility index (Phi) is 6.01. The first-order valence-corrected chi connectivity index (χ1v) is 7.24. The Labute approximate surface area is 141 Å². The minimum Gasteiger partial charge on any atom is -0.435 e. The molecule has 0 aliphatic rings. The maximum atomic E-state index is 12.0. The number of ether oxygens (including phenoxy) is 1. The summed E-state index contributed by atoms with van der Waals surface area (Å²) in [6.07, 6.45) is 0. The van der Waals surface area contributed by atoms with Gasteiger partial charge in [0.2, 0.25) is 5.91 Å². The number of anilines is 2. The third-order valence-electron chi connectivity index (χ3n) is 2.75. The molecule has 122 valence electrons. The smallest absolute Gasteiger partial charge is 0.387 e. The van der Waals surface area contributed by atoms with E-state index in [1.807, 2.05) is 0 Å². The largest absolute Gasteiger partial charge is 0.435 e. The van der Waals surface area contributed by atoms with Gasteiger partial charge in [0.05, 0.1) is 22.3 Å². The van der Waals surface area contributed by atoms with Crippen LogP contribution < -0.4 is 15.4 Å². The number of amides is 1. The lowest BCUT2D eigenvalue weighted by atomic mass is 10.3. The van der Waals surface area contributed by atoms with Gasteiger partial charge >= 0.3 is 6.61 Å². The Bertz CT molecular complexity index is 682. The van der Waals surface area contributed by atoms with E-state index in [-0.39, 0.29) is 18.2 Å². The topological polar surface area (TPSA) is 50.4 Å². The van der Waals surface area contributed by atoms with Crippen molar-refractivity contribution < 1.29 is 18.3 Å². The quantitative estimate of drug-likeness (QED) is 0.788. The molecule has 0 radical (unpaired) electrons. The summed E-state index contributed by atoms with van der Waals surface area (Å²) in [7, 11) is 0.